The summed E-state index contributed by atoms with van der Waals surface area (Å²) < 4.78 is 5.22. The standard InChI is InChI=1S/C16H25N3O2/c1-2-21-10-7-16(20)18-15-6-4-9-19(13-15)12-14-5-3-8-17-11-14/h3,5,8,11,15H,2,4,6-7,9-10,12-13H2,1H3,(H,18,20). The van der Waals surface area contributed by atoms with E-state index >= 15 is 0 Å². The number of rotatable bonds is 7. The van der Waals surface area contributed by atoms with Crippen LogP contribution in [0, 0.1) is 0 Å². The lowest BCUT2D eigenvalue weighted by Crippen LogP contribution is -2.47. The van der Waals surface area contributed by atoms with E-state index in [9.17, 15) is 4.79 Å². The Morgan fingerprint density at radius 1 is 1.57 bits per heavy atom. The summed E-state index contributed by atoms with van der Waals surface area (Å²) in [4.78, 5) is 18.4. The number of hydrogen-bond donors (Lipinski definition) is 1. The third-order valence-electron chi connectivity index (χ3n) is 3.68. The lowest BCUT2D eigenvalue weighted by atomic mass is 10.0. The summed E-state index contributed by atoms with van der Waals surface area (Å²) in [6.45, 7) is 6.01. The van der Waals surface area contributed by atoms with Crippen LogP contribution in [0.4, 0.5) is 0 Å². The van der Waals surface area contributed by atoms with Crippen molar-refractivity contribution < 1.29 is 9.53 Å². The zero-order valence-corrected chi connectivity index (χ0v) is 12.8. The molecule has 5 heteroatoms. The summed E-state index contributed by atoms with van der Waals surface area (Å²) in [7, 11) is 0. The van der Waals surface area contributed by atoms with Crippen LogP contribution in [0.1, 0.15) is 31.7 Å². The summed E-state index contributed by atoms with van der Waals surface area (Å²) >= 11 is 0. The van der Waals surface area contributed by atoms with Crippen molar-refractivity contribution in [1.82, 2.24) is 15.2 Å². The van der Waals surface area contributed by atoms with Crippen molar-refractivity contribution in [1.29, 1.82) is 0 Å². The van der Waals surface area contributed by atoms with Gasteiger partial charge in [-0.25, -0.2) is 0 Å². The molecule has 0 saturated carbocycles. The first-order valence-corrected chi connectivity index (χ1v) is 7.76. The molecule has 1 aliphatic rings. The summed E-state index contributed by atoms with van der Waals surface area (Å²) in [5, 5.41) is 3.12. The number of ether oxygens (including phenoxy) is 1. The van der Waals surface area contributed by atoms with Crippen molar-refractivity contribution in [2.24, 2.45) is 0 Å². The topological polar surface area (TPSA) is 54.5 Å². The molecule has 21 heavy (non-hydrogen) atoms. The molecule has 0 spiro atoms. The molecular weight excluding hydrogens is 266 g/mol. The van der Waals surface area contributed by atoms with Gasteiger partial charge in [0.1, 0.15) is 0 Å². The van der Waals surface area contributed by atoms with E-state index in [1.165, 1.54) is 5.56 Å². The van der Waals surface area contributed by atoms with Gasteiger partial charge in [0.05, 0.1) is 6.61 Å². The monoisotopic (exact) mass is 291 g/mol. The first kappa shape index (κ1) is 15.9. The second-order valence-electron chi connectivity index (χ2n) is 5.45. The normalized spacial score (nSPS) is 19.4. The molecule has 1 atom stereocenters. The van der Waals surface area contributed by atoms with Crippen LogP contribution >= 0.6 is 0 Å². The molecule has 0 radical (unpaired) electrons. The predicted molar refractivity (Wildman–Crippen MR) is 81.8 cm³/mol. The Labute approximate surface area is 126 Å². The van der Waals surface area contributed by atoms with E-state index in [4.69, 9.17) is 4.74 Å². The highest BCUT2D eigenvalue weighted by molar-refractivity contribution is 5.76. The van der Waals surface area contributed by atoms with Gasteiger partial charge in [0.25, 0.3) is 0 Å². The number of pyridine rings is 1. The summed E-state index contributed by atoms with van der Waals surface area (Å²) in [6, 6.07) is 4.31. The van der Waals surface area contributed by atoms with Crippen molar-refractivity contribution in [2.45, 2.75) is 38.8 Å². The average Bonchev–Trinajstić information content (AvgIpc) is 2.49. The zero-order valence-electron chi connectivity index (χ0n) is 12.8. The van der Waals surface area contributed by atoms with E-state index < -0.39 is 0 Å². The molecule has 116 valence electrons. The second kappa shape index (κ2) is 8.74. The van der Waals surface area contributed by atoms with Gasteiger partial charge in [0.2, 0.25) is 5.91 Å². The molecule has 1 aliphatic heterocycles. The maximum Gasteiger partial charge on any atom is 0.222 e. The van der Waals surface area contributed by atoms with Gasteiger partial charge in [0.15, 0.2) is 0 Å². The van der Waals surface area contributed by atoms with Crippen LogP contribution in [0.25, 0.3) is 0 Å². The minimum atomic E-state index is 0.0941. The van der Waals surface area contributed by atoms with Gasteiger partial charge in [-0.05, 0) is 37.9 Å². The molecule has 1 saturated heterocycles. The van der Waals surface area contributed by atoms with Crippen molar-refractivity contribution in [3.05, 3.63) is 30.1 Å². The summed E-state index contributed by atoms with van der Waals surface area (Å²) in [5.74, 6) is 0.0941. The van der Waals surface area contributed by atoms with Crippen molar-refractivity contribution in [3.8, 4) is 0 Å². The van der Waals surface area contributed by atoms with Crippen molar-refractivity contribution in [2.75, 3.05) is 26.3 Å². The van der Waals surface area contributed by atoms with Gasteiger partial charge in [-0.3, -0.25) is 14.7 Å². The quantitative estimate of drug-likeness (QED) is 0.775. The van der Waals surface area contributed by atoms with Crippen LogP contribution in [0.3, 0.4) is 0 Å². The number of nitrogens with zero attached hydrogens (tertiary/aromatic N) is 2. The van der Waals surface area contributed by atoms with E-state index in [2.05, 4.69) is 21.3 Å². The summed E-state index contributed by atoms with van der Waals surface area (Å²) in [5.41, 5.74) is 1.22. The van der Waals surface area contributed by atoms with E-state index in [1.54, 1.807) is 6.20 Å². The molecule has 1 amide bonds. The second-order valence-corrected chi connectivity index (χ2v) is 5.45. The molecule has 2 rings (SSSR count). The minimum Gasteiger partial charge on any atom is -0.381 e. The highest BCUT2D eigenvalue weighted by Crippen LogP contribution is 2.13. The third-order valence-corrected chi connectivity index (χ3v) is 3.68. The number of amides is 1. The molecule has 0 aromatic carbocycles. The Morgan fingerprint density at radius 3 is 3.24 bits per heavy atom. The molecule has 1 unspecified atom stereocenters. The fourth-order valence-corrected chi connectivity index (χ4v) is 2.68. The SMILES string of the molecule is CCOCCC(=O)NC1CCCN(Cc2cccnc2)C1. The molecule has 5 nitrogen and oxygen atoms in total. The fourth-order valence-electron chi connectivity index (χ4n) is 2.68. The number of hydrogen-bond acceptors (Lipinski definition) is 4. The Kier molecular flexibility index (Phi) is 6.63. The van der Waals surface area contributed by atoms with E-state index in [-0.39, 0.29) is 11.9 Å². The molecule has 1 fully saturated rings. The maximum absolute atomic E-state index is 11.8. The molecular formula is C16H25N3O2. The van der Waals surface area contributed by atoms with Crippen LogP contribution in [0.15, 0.2) is 24.5 Å². The highest BCUT2D eigenvalue weighted by atomic mass is 16.5. The van der Waals surface area contributed by atoms with E-state index in [1.807, 2.05) is 19.2 Å². The zero-order chi connectivity index (χ0) is 14.9. The van der Waals surface area contributed by atoms with Gasteiger partial charge in [-0.15, -0.1) is 0 Å². The van der Waals surface area contributed by atoms with Gasteiger partial charge >= 0.3 is 0 Å². The number of likely N-dealkylation sites (tertiary alicyclic amines) is 1. The predicted octanol–water partition coefficient (Wildman–Crippen LogP) is 1.59. The van der Waals surface area contributed by atoms with Crippen LogP contribution in [-0.2, 0) is 16.1 Å². The molecule has 1 aromatic heterocycles. The largest absolute Gasteiger partial charge is 0.381 e. The van der Waals surface area contributed by atoms with Gasteiger partial charge in [-0.2, -0.15) is 0 Å². The molecule has 0 bridgehead atoms. The van der Waals surface area contributed by atoms with Crippen molar-refractivity contribution >= 4 is 5.91 Å². The Balaban J connectivity index is 1.74. The molecule has 1 aromatic rings. The summed E-state index contributed by atoms with van der Waals surface area (Å²) in [6.07, 6.45) is 6.33. The molecule has 0 aliphatic carbocycles. The van der Waals surface area contributed by atoms with Crippen LogP contribution < -0.4 is 5.32 Å². The number of carbonyl (C=O) groups excluding carboxylic acids is 1. The van der Waals surface area contributed by atoms with E-state index in [0.29, 0.717) is 19.6 Å². The van der Waals surface area contributed by atoms with Gasteiger partial charge < -0.3 is 10.1 Å². The third kappa shape index (κ3) is 5.81. The number of nitrogens with one attached hydrogen (secondary N) is 1. The maximum atomic E-state index is 11.8. The highest BCUT2D eigenvalue weighted by Gasteiger charge is 2.21. The van der Waals surface area contributed by atoms with E-state index in [0.717, 1.165) is 32.5 Å². The first-order chi connectivity index (χ1) is 10.3. The number of piperidine rings is 1. The Bertz CT molecular complexity index is 425. The number of aromatic nitrogens is 1. The van der Waals surface area contributed by atoms with Crippen LogP contribution in [0.5, 0.6) is 0 Å². The lowest BCUT2D eigenvalue weighted by molar-refractivity contribution is -0.123. The Morgan fingerprint density at radius 2 is 2.48 bits per heavy atom. The Hall–Kier alpha value is -1.46. The first-order valence-electron chi connectivity index (χ1n) is 7.76. The smallest absolute Gasteiger partial charge is 0.222 e. The number of carbonyl (C=O) groups is 1. The van der Waals surface area contributed by atoms with Crippen molar-refractivity contribution in [3.63, 3.8) is 0 Å². The average molecular weight is 291 g/mol. The van der Waals surface area contributed by atoms with Gasteiger partial charge in [0, 0.05) is 44.6 Å². The fraction of sp³-hybridized carbons (Fsp3) is 0.625. The molecule has 1 N–H and O–H groups in total. The van der Waals surface area contributed by atoms with Crippen LogP contribution in [-0.4, -0.2) is 48.1 Å². The minimum absolute atomic E-state index is 0.0941. The van der Waals surface area contributed by atoms with Gasteiger partial charge in [-0.1, -0.05) is 6.07 Å². The van der Waals surface area contributed by atoms with Crippen LogP contribution in [0.2, 0.25) is 0 Å². The lowest BCUT2D eigenvalue weighted by Gasteiger charge is -2.33. The molecule has 2 heterocycles.